The predicted molar refractivity (Wildman–Crippen MR) is 105 cm³/mol. The molecule has 7 nitrogen and oxygen atoms in total. The number of carbonyl (C=O) groups is 2. The van der Waals surface area contributed by atoms with Crippen LogP contribution < -0.4 is 5.56 Å². The van der Waals surface area contributed by atoms with Crippen LogP contribution in [0.4, 0.5) is 0 Å². The quantitative estimate of drug-likeness (QED) is 0.290. The molecule has 1 saturated heterocycles. The van der Waals surface area contributed by atoms with E-state index in [0.717, 1.165) is 24.3 Å². The second-order valence-electron chi connectivity index (χ2n) is 6.64. The van der Waals surface area contributed by atoms with E-state index < -0.39 is 0 Å². The zero-order valence-corrected chi connectivity index (χ0v) is 17.2. The van der Waals surface area contributed by atoms with Crippen molar-refractivity contribution in [2.24, 2.45) is 13.0 Å². The van der Waals surface area contributed by atoms with Crippen molar-refractivity contribution in [3.63, 3.8) is 0 Å². The van der Waals surface area contributed by atoms with Crippen LogP contribution in [0.2, 0.25) is 0 Å². The fourth-order valence-corrected chi connectivity index (χ4v) is 3.98. The van der Waals surface area contributed by atoms with Crippen LogP contribution in [0, 0.1) is 5.92 Å². The molecule has 0 N–H and O–H groups in total. The minimum absolute atomic E-state index is 0.0510. The van der Waals surface area contributed by atoms with Crippen molar-refractivity contribution >= 4 is 23.6 Å². The minimum Gasteiger partial charge on any atom is -0.466 e. The van der Waals surface area contributed by atoms with Gasteiger partial charge >= 0.3 is 5.97 Å². The lowest BCUT2D eigenvalue weighted by Crippen LogP contribution is -2.40. The summed E-state index contributed by atoms with van der Waals surface area (Å²) in [6.45, 7) is 5.41. The second-order valence-corrected chi connectivity index (χ2v) is 7.70. The first-order valence-corrected chi connectivity index (χ1v) is 10.6. The van der Waals surface area contributed by atoms with Gasteiger partial charge in [-0.25, -0.2) is 4.98 Å². The van der Waals surface area contributed by atoms with E-state index in [0.29, 0.717) is 44.1 Å². The van der Waals surface area contributed by atoms with E-state index in [1.54, 1.807) is 24.6 Å². The molecular weight excluding hydrogens is 366 g/mol. The van der Waals surface area contributed by atoms with Gasteiger partial charge in [0.15, 0.2) is 5.16 Å². The van der Waals surface area contributed by atoms with Gasteiger partial charge in [-0.05, 0) is 32.6 Å². The number of hydrogen-bond donors (Lipinski definition) is 0. The van der Waals surface area contributed by atoms with Gasteiger partial charge < -0.3 is 9.64 Å². The largest absolute Gasteiger partial charge is 0.466 e. The average Bonchev–Trinajstić information content (AvgIpc) is 2.68. The van der Waals surface area contributed by atoms with Crippen molar-refractivity contribution in [1.82, 2.24) is 14.5 Å². The fraction of sp³-hybridized carbons (Fsp3) is 0.684. The summed E-state index contributed by atoms with van der Waals surface area (Å²) < 4.78 is 6.61. The third-order valence-electron chi connectivity index (χ3n) is 4.74. The molecule has 1 aliphatic rings. The number of hydrogen-bond acceptors (Lipinski definition) is 6. The van der Waals surface area contributed by atoms with E-state index in [1.807, 2.05) is 11.8 Å². The highest BCUT2D eigenvalue weighted by atomic mass is 32.2. The highest BCUT2D eigenvalue weighted by Gasteiger charge is 2.27. The SMILES string of the molecule is CCOC(=O)C1CCN(C(=O)CCCSc2nc(CC)cc(=O)n2C)CC1. The Bertz CT molecular complexity index is 711. The normalized spacial score (nSPS) is 15.0. The van der Waals surface area contributed by atoms with E-state index >= 15 is 0 Å². The lowest BCUT2D eigenvalue weighted by Gasteiger charge is -2.31. The molecule has 0 unspecified atom stereocenters. The summed E-state index contributed by atoms with van der Waals surface area (Å²) >= 11 is 1.51. The molecule has 0 radical (unpaired) electrons. The second kappa shape index (κ2) is 10.5. The number of nitrogens with zero attached hydrogens (tertiary/aromatic N) is 3. The molecule has 0 atom stereocenters. The van der Waals surface area contributed by atoms with Gasteiger partial charge in [-0.2, -0.15) is 0 Å². The topological polar surface area (TPSA) is 81.5 Å². The Morgan fingerprint density at radius 1 is 1.30 bits per heavy atom. The zero-order valence-electron chi connectivity index (χ0n) is 16.4. The molecule has 27 heavy (non-hydrogen) atoms. The Morgan fingerprint density at radius 3 is 2.63 bits per heavy atom. The number of piperidine rings is 1. The zero-order chi connectivity index (χ0) is 19.8. The summed E-state index contributed by atoms with van der Waals surface area (Å²) in [4.78, 5) is 42.3. The van der Waals surface area contributed by atoms with Gasteiger partial charge in [0.05, 0.1) is 12.5 Å². The predicted octanol–water partition coefficient (Wildman–Crippen LogP) is 2.02. The van der Waals surface area contributed by atoms with Crippen LogP contribution in [0.15, 0.2) is 16.0 Å². The molecule has 1 fully saturated rings. The highest BCUT2D eigenvalue weighted by Crippen LogP contribution is 2.20. The van der Waals surface area contributed by atoms with Gasteiger partial charge in [0, 0.05) is 44.1 Å². The standard InChI is InChI=1S/C19H29N3O4S/c1-4-15-13-17(24)21(3)19(20-15)27-12-6-7-16(23)22-10-8-14(9-11-22)18(25)26-5-2/h13-14H,4-12H2,1-3H3. The van der Waals surface area contributed by atoms with E-state index in [-0.39, 0.29) is 23.4 Å². The number of esters is 1. The summed E-state index contributed by atoms with van der Waals surface area (Å²) in [5, 5.41) is 0.696. The number of aromatic nitrogens is 2. The molecule has 1 aromatic rings. The van der Waals surface area contributed by atoms with Gasteiger partial charge in [-0.3, -0.25) is 19.0 Å². The lowest BCUT2D eigenvalue weighted by atomic mass is 9.97. The maximum atomic E-state index is 12.4. The van der Waals surface area contributed by atoms with Crippen LogP contribution in [0.3, 0.4) is 0 Å². The number of rotatable bonds is 8. The third kappa shape index (κ3) is 6.09. The van der Waals surface area contributed by atoms with Crippen molar-refractivity contribution < 1.29 is 14.3 Å². The van der Waals surface area contributed by atoms with Gasteiger partial charge in [0.1, 0.15) is 0 Å². The molecular formula is C19H29N3O4S. The van der Waals surface area contributed by atoms with Crippen molar-refractivity contribution in [3.8, 4) is 0 Å². The lowest BCUT2D eigenvalue weighted by molar-refractivity contribution is -0.151. The molecule has 0 saturated carbocycles. The first-order valence-electron chi connectivity index (χ1n) is 9.60. The number of carbonyl (C=O) groups excluding carboxylic acids is 2. The monoisotopic (exact) mass is 395 g/mol. The molecule has 1 aromatic heterocycles. The molecule has 2 rings (SSSR count). The summed E-state index contributed by atoms with van der Waals surface area (Å²) in [6.07, 6.45) is 3.28. The Hall–Kier alpha value is -1.83. The highest BCUT2D eigenvalue weighted by molar-refractivity contribution is 7.99. The van der Waals surface area contributed by atoms with Gasteiger partial charge in [0.25, 0.3) is 5.56 Å². The molecule has 1 aliphatic heterocycles. The summed E-state index contributed by atoms with van der Waals surface area (Å²) in [5.74, 6) is 0.636. The Labute approximate surface area is 164 Å². The van der Waals surface area contributed by atoms with Gasteiger partial charge in [0.2, 0.25) is 5.91 Å². The summed E-state index contributed by atoms with van der Waals surface area (Å²) in [6, 6.07) is 1.56. The molecule has 1 amide bonds. The van der Waals surface area contributed by atoms with Crippen LogP contribution in [-0.4, -0.2) is 51.8 Å². The van der Waals surface area contributed by atoms with Crippen LogP contribution in [0.1, 0.15) is 45.2 Å². The fourth-order valence-electron chi connectivity index (χ4n) is 3.04. The van der Waals surface area contributed by atoms with Crippen LogP contribution in [-0.2, 0) is 27.8 Å². The smallest absolute Gasteiger partial charge is 0.309 e. The molecule has 8 heteroatoms. The molecule has 2 heterocycles. The van der Waals surface area contributed by atoms with E-state index in [4.69, 9.17) is 4.74 Å². The number of amides is 1. The molecule has 0 bridgehead atoms. The summed E-state index contributed by atoms with van der Waals surface area (Å²) in [5.41, 5.74) is 0.742. The number of aryl methyl sites for hydroxylation is 1. The Balaban J connectivity index is 1.74. The van der Waals surface area contributed by atoms with Crippen LogP contribution in [0.5, 0.6) is 0 Å². The average molecular weight is 396 g/mol. The minimum atomic E-state index is -0.145. The number of likely N-dealkylation sites (tertiary alicyclic amines) is 1. The molecule has 150 valence electrons. The van der Waals surface area contributed by atoms with Crippen molar-refractivity contribution in [2.45, 2.75) is 51.1 Å². The summed E-state index contributed by atoms with van der Waals surface area (Å²) in [7, 11) is 1.72. The maximum absolute atomic E-state index is 12.4. The van der Waals surface area contributed by atoms with Crippen molar-refractivity contribution in [3.05, 3.63) is 22.1 Å². The molecule has 0 aromatic carbocycles. The number of thioether (sulfide) groups is 1. The van der Waals surface area contributed by atoms with Crippen LogP contribution in [0.25, 0.3) is 0 Å². The van der Waals surface area contributed by atoms with Crippen molar-refractivity contribution in [1.29, 1.82) is 0 Å². The molecule has 0 aliphatic carbocycles. The Morgan fingerprint density at radius 2 is 2.00 bits per heavy atom. The van der Waals surface area contributed by atoms with Crippen molar-refractivity contribution in [2.75, 3.05) is 25.4 Å². The number of ether oxygens (including phenoxy) is 1. The maximum Gasteiger partial charge on any atom is 0.309 e. The van der Waals surface area contributed by atoms with E-state index in [9.17, 15) is 14.4 Å². The Kier molecular flexibility index (Phi) is 8.34. The molecule has 0 spiro atoms. The third-order valence-corrected chi connectivity index (χ3v) is 5.86. The van der Waals surface area contributed by atoms with E-state index in [1.165, 1.54) is 11.8 Å². The van der Waals surface area contributed by atoms with Crippen LogP contribution >= 0.6 is 11.8 Å². The first-order chi connectivity index (χ1) is 13.0. The first kappa shape index (κ1) is 21.5. The van der Waals surface area contributed by atoms with Gasteiger partial charge in [-0.1, -0.05) is 18.7 Å². The van der Waals surface area contributed by atoms with Gasteiger partial charge in [-0.15, -0.1) is 0 Å². The van der Waals surface area contributed by atoms with E-state index in [2.05, 4.69) is 4.98 Å².